The summed E-state index contributed by atoms with van der Waals surface area (Å²) in [5.74, 6) is 1.25. The Morgan fingerprint density at radius 3 is 2.42 bits per heavy atom. The summed E-state index contributed by atoms with van der Waals surface area (Å²) in [7, 11) is 0. The van der Waals surface area contributed by atoms with Gasteiger partial charge in [0, 0.05) is 13.1 Å². The first-order valence-corrected chi connectivity index (χ1v) is 8.86. The lowest BCUT2D eigenvalue weighted by Gasteiger charge is -2.33. The number of ether oxygens (including phenoxy) is 2. The van der Waals surface area contributed by atoms with E-state index >= 15 is 0 Å². The summed E-state index contributed by atoms with van der Waals surface area (Å²) in [5, 5.41) is 0. The van der Waals surface area contributed by atoms with Crippen LogP contribution in [0.25, 0.3) is 0 Å². The summed E-state index contributed by atoms with van der Waals surface area (Å²) in [5.41, 5.74) is 7.54. The number of piperidine rings is 1. The fourth-order valence-electron chi connectivity index (χ4n) is 2.99. The Morgan fingerprint density at radius 2 is 1.83 bits per heavy atom. The van der Waals surface area contributed by atoms with E-state index in [2.05, 4.69) is 12.1 Å². The average molecular weight is 332 g/mol. The Hall–Kier alpha value is -1.91. The predicted molar refractivity (Wildman–Crippen MR) is 94.3 cm³/mol. The van der Waals surface area contributed by atoms with Crippen LogP contribution in [0.5, 0.6) is 5.75 Å². The minimum atomic E-state index is -0.445. The van der Waals surface area contributed by atoms with Crippen molar-refractivity contribution in [2.75, 3.05) is 18.8 Å². The van der Waals surface area contributed by atoms with Gasteiger partial charge in [-0.3, -0.25) is 0 Å². The number of carbonyl (C=O) groups is 1. The number of carbonyl (C=O) groups excluding carboxylic acids is 1. The highest BCUT2D eigenvalue weighted by Crippen LogP contribution is 2.36. The van der Waals surface area contributed by atoms with E-state index in [0.29, 0.717) is 17.7 Å². The highest BCUT2D eigenvalue weighted by Gasteiger charge is 2.28. The first-order valence-electron chi connectivity index (χ1n) is 8.86. The number of hydrogen-bond acceptors (Lipinski definition) is 4. The van der Waals surface area contributed by atoms with Crippen LogP contribution in [0.1, 0.15) is 57.9 Å². The van der Waals surface area contributed by atoms with Crippen LogP contribution in [-0.4, -0.2) is 35.8 Å². The van der Waals surface area contributed by atoms with Gasteiger partial charge in [0.1, 0.15) is 11.4 Å². The molecule has 1 aliphatic heterocycles. The van der Waals surface area contributed by atoms with Crippen LogP contribution in [0.3, 0.4) is 0 Å². The van der Waals surface area contributed by atoms with Gasteiger partial charge < -0.3 is 20.1 Å². The van der Waals surface area contributed by atoms with Gasteiger partial charge in [-0.15, -0.1) is 0 Å². The van der Waals surface area contributed by atoms with E-state index < -0.39 is 5.60 Å². The fraction of sp³-hybridized carbons (Fsp3) is 0.632. The van der Waals surface area contributed by atoms with Gasteiger partial charge in [-0.25, -0.2) is 4.79 Å². The number of rotatable bonds is 3. The maximum atomic E-state index is 12.2. The summed E-state index contributed by atoms with van der Waals surface area (Å²) >= 11 is 0. The minimum absolute atomic E-state index is 0.212. The number of amides is 1. The van der Waals surface area contributed by atoms with Crippen LogP contribution in [-0.2, 0) is 4.74 Å². The number of anilines is 1. The summed E-state index contributed by atoms with van der Waals surface area (Å²) in [6.45, 7) is 7.14. The number of nitrogens with two attached hydrogens (primary N) is 1. The molecule has 2 aliphatic rings. The SMILES string of the molecule is CC(C)(C)OC(=O)N1CCC(c2ccc(N)c(OC3CC3)c2)CC1. The topological polar surface area (TPSA) is 64.8 Å². The van der Waals surface area contributed by atoms with Gasteiger partial charge in [-0.05, 0) is 70.1 Å². The average Bonchev–Trinajstić information content (AvgIpc) is 3.32. The molecule has 3 rings (SSSR count). The molecule has 0 aromatic heterocycles. The molecule has 0 bridgehead atoms. The maximum Gasteiger partial charge on any atom is 0.410 e. The van der Waals surface area contributed by atoms with E-state index in [1.807, 2.05) is 26.8 Å². The molecule has 1 heterocycles. The van der Waals surface area contributed by atoms with Crippen LogP contribution in [0.4, 0.5) is 10.5 Å². The largest absolute Gasteiger partial charge is 0.488 e. The van der Waals surface area contributed by atoms with Crippen LogP contribution < -0.4 is 10.5 Å². The summed E-state index contributed by atoms with van der Waals surface area (Å²) in [6.07, 6.45) is 4.25. The smallest absolute Gasteiger partial charge is 0.410 e. The van der Waals surface area contributed by atoms with E-state index in [4.69, 9.17) is 15.2 Å². The molecule has 132 valence electrons. The lowest BCUT2D eigenvalue weighted by Crippen LogP contribution is -2.41. The Labute approximate surface area is 144 Å². The van der Waals surface area contributed by atoms with E-state index in [0.717, 1.165) is 44.5 Å². The highest BCUT2D eigenvalue weighted by atomic mass is 16.6. The molecule has 1 aliphatic carbocycles. The molecule has 2 N–H and O–H groups in total. The van der Waals surface area contributed by atoms with Gasteiger partial charge in [0.25, 0.3) is 0 Å². The second-order valence-corrected chi connectivity index (χ2v) is 7.86. The molecule has 24 heavy (non-hydrogen) atoms. The van der Waals surface area contributed by atoms with E-state index in [1.54, 1.807) is 4.90 Å². The fourth-order valence-corrected chi connectivity index (χ4v) is 2.99. The van der Waals surface area contributed by atoms with Gasteiger partial charge in [-0.1, -0.05) is 6.07 Å². The zero-order chi connectivity index (χ0) is 17.3. The van der Waals surface area contributed by atoms with Gasteiger partial charge in [-0.2, -0.15) is 0 Å². The summed E-state index contributed by atoms with van der Waals surface area (Å²) in [6, 6.07) is 6.11. The minimum Gasteiger partial charge on any atom is -0.488 e. The molecule has 1 saturated heterocycles. The van der Waals surface area contributed by atoms with Crippen molar-refractivity contribution in [3.8, 4) is 5.75 Å². The molecular formula is C19H28N2O3. The number of benzene rings is 1. The molecule has 1 aromatic carbocycles. The summed E-state index contributed by atoms with van der Waals surface area (Å²) in [4.78, 5) is 14.0. The number of nitrogens with zero attached hydrogens (tertiary/aromatic N) is 1. The monoisotopic (exact) mass is 332 g/mol. The van der Waals surface area contributed by atoms with Crippen molar-refractivity contribution >= 4 is 11.8 Å². The van der Waals surface area contributed by atoms with Crippen molar-refractivity contribution in [3.05, 3.63) is 23.8 Å². The van der Waals surface area contributed by atoms with Crippen molar-refractivity contribution in [1.82, 2.24) is 4.90 Å². The van der Waals surface area contributed by atoms with Gasteiger partial charge in [0.15, 0.2) is 0 Å². The lowest BCUT2D eigenvalue weighted by molar-refractivity contribution is 0.0205. The van der Waals surface area contributed by atoms with Crippen molar-refractivity contribution in [1.29, 1.82) is 0 Å². The standard InChI is InChI=1S/C19H28N2O3/c1-19(2,3)24-18(22)21-10-8-13(9-11-21)14-4-7-16(20)17(12-14)23-15-5-6-15/h4,7,12-13,15H,5-6,8-11,20H2,1-3H3. The Bertz CT molecular complexity index is 597. The highest BCUT2D eigenvalue weighted by molar-refractivity contribution is 5.68. The van der Waals surface area contributed by atoms with Crippen LogP contribution in [0.15, 0.2) is 18.2 Å². The molecule has 5 nitrogen and oxygen atoms in total. The van der Waals surface area contributed by atoms with E-state index in [-0.39, 0.29) is 6.09 Å². The molecule has 1 saturated carbocycles. The molecule has 1 aromatic rings. The van der Waals surface area contributed by atoms with Gasteiger partial charge in [0.05, 0.1) is 11.8 Å². The molecule has 0 radical (unpaired) electrons. The second-order valence-electron chi connectivity index (χ2n) is 7.86. The zero-order valence-electron chi connectivity index (χ0n) is 14.9. The van der Waals surface area contributed by atoms with Crippen molar-refractivity contribution < 1.29 is 14.3 Å². The van der Waals surface area contributed by atoms with Crippen molar-refractivity contribution in [3.63, 3.8) is 0 Å². The first kappa shape index (κ1) is 16.9. The first-order chi connectivity index (χ1) is 11.3. The molecule has 0 atom stereocenters. The van der Waals surface area contributed by atoms with E-state index in [9.17, 15) is 4.79 Å². The molecule has 5 heteroatoms. The maximum absolute atomic E-state index is 12.2. The number of likely N-dealkylation sites (tertiary alicyclic amines) is 1. The Balaban J connectivity index is 1.59. The van der Waals surface area contributed by atoms with Crippen LogP contribution in [0, 0.1) is 0 Å². The normalized spacial score (nSPS) is 19.2. The Morgan fingerprint density at radius 1 is 1.17 bits per heavy atom. The second kappa shape index (κ2) is 6.54. The molecule has 2 fully saturated rings. The molecule has 1 amide bonds. The predicted octanol–water partition coefficient (Wildman–Crippen LogP) is 3.92. The quantitative estimate of drug-likeness (QED) is 0.852. The van der Waals surface area contributed by atoms with Crippen LogP contribution in [0.2, 0.25) is 0 Å². The summed E-state index contributed by atoms with van der Waals surface area (Å²) < 4.78 is 11.3. The van der Waals surface area contributed by atoms with Gasteiger partial charge in [0.2, 0.25) is 0 Å². The molecular weight excluding hydrogens is 304 g/mol. The third kappa shape index (κ3) is 4.34. The zero-order valence-corrected chi connectivity index (χ0v) is 14.9. The van der Waals surface area contributed by atoms with Crippen molar-refractivity contribution in [2.24, 2.45) is 0 Å². The number of nitrogen functional groups attached to an aromatic ring is 1. The lowest BCUT2D eigenvalue weighted by atomic mass is 9.89. The molecule has 0 spiro atoms. The number of hydrogen-bond donors (Lipinski definition) is 1. The van der Waals surface area contributed by atoms with E-state index in [1.165, 1.54) is 5.56 Å². The van der Waals surface area contributed by atoms with Crippen LogP contribution >= 0.6 is 0 Å². The Kier molecular flexibility index (Phi) is 4.61. The molecule has 0 unspecified atom stereocenters. The third-order valence-corrected chi connectivity index (χ3v) is 4.47. The third-order valence-electron chi connectivity index (χ3n) is 4.47. The van der Waals surface area contributed by atoms with Crippen molar-refractivity contribution in [2.45, 2.75) is 64.1 Å². The van der Waals surface area contributed by atoms with Gasteiger partial charge >= 0.3 is 6.09 Å².